The van der Waals surface area contributed by atoms with Crippen LogP contribution in [0.4, 0.5) is 0 Å². The molecule has 0 bridgehead atoms. The minimum Gasteiger partial charge on any atom is -0.308 e. The maximum Gasteiger partial charge on any atom is 0.0692 e. The minimum absolute atomic E-state index is 0.211. The molecule has 2 aromatic rings. The second-order valence-corrected chi connectivity index (χ2v) is 4.83. The van der Waals surface area contributed by atoms with Gasteiger partial charge in [0.2, 0.25) is 0 Å². The van der Waals surface area contributed by atoms with Crippen LogP contribution in [-0.4, -0.2) is 21.5 Å². The second kappa shape index (κ2) is 6.18. The van der Waals surface area contributed by atoms with Gasteiger partial charge in [0, 0.05) is 18.8 Å². The van der Waals surface area contributed by atoms with E-state index in [1.807, 2.05) is 24.4 Å². The summed E-state index contributed by atoms with van der Waals surface area (Å²) in [4.78, 5) is 0. The summed E-state index contributed by atoms with van der Waals surface area (Å²) in [5.74, 6) is 0. The zero-order valence-corrected chi connectivity index (χ0v) is 11.5. The minimum atomic E-state index is 0.211. The molecule has 1 aromatic carbocycles. The molecule has 0 aliphatic carbocycles. The molecule has 1 unspecified atom stereocenters. The Balaban J connectivity index is 1.87. The number of halogens is 2. The van der Waals surface area contributed by atoms with E-state index in [0.717, 1.165) is 18.7 Å². The molecular weight excluding hydrogens is 271 g/mol. The molecule has 18 heavy (non-hydrogen) atoms. The molecule has 0 amide bonds. The van der Waals surface area contributed by atoms with Gasteiger partial charge in [0.15, 0.2) is 0 Å². The van der Waals surface area contributed by atoms with Crippen LogP contribution in [0.3, 0.4) is 0 Å². The normalized spacial score (nSPS) is 12.6. The van der Waals surface area contributed by atoms with E-state index in [4.69, 9.17) is 23.2 Å². The first-order valence-corrected chi connectivity index (χ1v) is 6.45. The zero-order chi connectivity index (χ0) is 13.0. The Hall–Kier alpha value is -1.10. The van der Waals surface area contributed by atoms with Gasteiger partial charge in [-0.25, -0.2) is 0 Å². The topological polar surface area (TPSA) is 42.7 Å². The van der Waals surface area contributed by atoms with E-state index in [0.29, 0.717) is 10.0 Å². The molecule has 96 valence electrons. The Morgan fingerprint density at radius 3 is 2.83 bits per heavy atom. The Labute approximate surface area is 116 Å². The third-order valence-electron chi connectivity index (χ3n) is 2.71. The average Bonchev–Trinajstić information content (AvgIpc) is 2.85. The standard InChI is InChI=1S/C12H14Cl2N4/c1-9(10-2-3-11(13)12(14)8-10)15-4-6-18-7-5-16-17-18/h2-3,5,7-9,15H,4,6H2,1H3. The summed E-state index contributed by atoms with van der Waals surface area (Å²) in [6, 6.07) is 5.89. The van der Waals surface area contributed by atoms with Gasteiger partial charge in [-0.3, -0.25) is 4.68 Å². The van der Waals surface area contributed by atoms with Gasteiger partial charge in [0.1, 0.15) is 0 Å². The third-order valence-corrected chi connectivity index (χ3v) is 3.45. The Morgan fingerprint density at radius 2 is 2.17 bits per heavy atom. The fourth-order valence-corrected chi connectivity index (χ4v) is 1.95. The van der Waals surface area contributed by atoms with Crippen molar-refractivity contribution in [1.29, 1.82) is 0 Å². The van der Waals surface area contributed by atoms with Crippen LogP contribution in [0.25, 0.3) is 0 Å². The molecule has 1 atom stereocenters. The van der Waals surface area contributed by atoms with E-state index in [2.05, 4.69) is 22.6 Å². The summed E-state index contributed by atoms with van der Waals surface area (Å²) >= 11 is 11.9. The predicted molar refractivity (Wildman–Crippen MR) is 72.9 cm³/mol. The van der Waals surface area contributed by atoms with E-state index in [1.165, 1.54) is 0 Å². The molecule has 0 fully saturated rings. The van der Waals surface area contributed by atoms with Crippen LogP contribution in [0.5, 0.6) is 0 Å². The summed E-state index contributed by atoms with van der Waals surface area (Å²) in [6.45, 7) is 3.68. The van der Waals surface area contributed by atoms with Crippen LogP contribution >= 0.6 is 23.2 Å². The van der Waals surface area contributed by atoms with Crippen LogP contribution in [0.2, 0.25) is 10.0 Å². The number of aromatic nitrogens is 3. The Morgan fingerprint density at radius 1 is 1.33 bits per heavy atom. The van der Waals surface area contributed by atoms with E-state index in [1.54, 1.807) is 10.9 Å². The highest BCUT2D eigenvalue weighted by Gasteiger charge is 2.06. The molecule has 1 aromatic heterocycles. The van der Waals surface area contributed by atoms with Crippen molar-refractivity contribution in [3.63, 3.8) is 0 Å². The maximum absolute atomic E-state index is 5.99. The average molecular weight is 285 g/mol. The molecule has 1 heterocycles. The van der Waals surface area contributed by atoms with Crippen LogP contribution in [0, 0.1) is 0 Å². The van der Waals surface area contributed by atoms with Gasteiger partial charge in [-0.15, -0.1) is 5.10 Å². The lowest BCUT2D eigenvalue weighted by molar-refractivity contribution is 0.499. The van der Waals surface area contributed by atoms with Gasteiger partial charge in [-0.05, 0) is 24.6 Å². The zero-order valence-electron chi connectivity index (χ0n) is 9.98. The highest BCUT2D eigenvalue weighted by molar-refractivity contribution is 6.42. The number of nitrogens with one attached hydrogen (secondary N) is 1. The smallest absolute Gasteiger partial charge is 0.0692 e. The molecule has 4 nitrogen and oxygen atoms in total. The number of rotatable bonds is 5. The van der Waals surface area contributed by atoms with Crippen molar-refractivity contribution in [2.45, 2.75) is 19.5 Å². The first-order chi connectivity index (χ1) is 8.66. The molecule has 6 heteroatoms. The summed E-state index contributed by atoms with van der Waals surface area (Å²) in [5, 5.41) is 12.2. The molecule has 0 aliphatic heterocycles. The molecule has 0 saturated heterocycles. The molecule has 1 N–H and O–H groups in total. The van der Waals surface area contributed by atoms with E-state index in [-0.39, 0.29) is 6.04 Å². The van der Waals surface area contributed by atoms with Crippen LogP contribution in [-0.2, 0) is 6.54 Å². The lowest BCUT2D eigenvalue weighted by atomic mass is 10.1. The lowest BCUT2D eigenvalue weighted by Gasteiger charge is -2.14. The van der Waals surface area contributed by atoms with Crippen molar-refractivity contribution >= 4 is 23.2 Å². The van der Waals surface area contributed by atoms with Crippen molar-refractivity contribution in [3.05, 3.63) is 46.2 Å². The Bertz CT molecular complexity index is 499. The Kier molecular flexibility index (Phi) is 4.58. The molecular formula is C12H14Cl2N4. The highest BCUT2D eigenvalue weighted by atomic mass is 35.5. The molecule has 0 saturated carbocycles. The number of benzene rings is 1. The van der Waals surface area contributed by atoms with Gasteiger partial charge >= 0.3 is 0 Å². The predicted octanol–water partition coefficient (Wildman–Crippen LogP) is 2.94. The molecule has 0 radical (unpaired) electrons. The molecule has 0 spiro atoms. The third kappa shape index (κ3) is 3.45. The number of hydrogen-bond acceptors (Lipinski definition) is 3. The van der Waals surface area contributed by atoms with Crippen molar-refractivity contribution in [2.24, 2.45) is 0 Å². The van der Waals surface area contributed by atoms with Crippen LogP contribution in [0.15, 0.2) is 30.6 Å². The van der Waals surface area contributed by atoms with Crippen molar-refractivity contribution in [3.8, 4) is 0 Å². The van der Waals surface area contributed by atoms with Crippen molar-refractivity contribution < 1.29 is 0 Å². The van der Waals surface area contributed by atoms with Crippen LogP contribution in [0.1, 0.15) is 18.5 Å². The summed E-state index contributed by atoms with van der Waals surface area (Å²) in [7, 11) is 0. The maximum atomic E-state index is 5.99. The summed E-state index contributed by atoms with van der Waals surface area (Å²) in [6.07, 6.45) is 3.51. The monoisotopic (exact) mass is 284 g/mol. The number of nitrogens with zero attached hydrogens (tertiary/aromatic N) is 3. The first-order valence-electron chi connectivity index (χ1n) is 5.69. The largest absolute Gasteiger partial charge is 0.308 e. The van der Waals surface area contributed by atoms with Gasteiger partial charge in [0.25, 0.3) is 0 Å². The first kappa shape index (κ1) is 13.3. The van der Waals surface area contributed by atoms with Gasteiger partial charge in [-0.2, -0.15) is 0 Å². The van der Waals surface area contributed by atoms with Gasteiger partial charge < -0.3 is 5.32 Å². The van der Waals surface area contributed by atoms with Crippen LogP contribution < -0.4 is 5.32 Å². The van der Waals surface area contributed by atoms with Gasteiger partial charge in [-0.1, -0.05) is 34.5 Å². The van der Waals surface area contributed by atoms with Crippen molar-refractivity contribution in [2.75, 3.05) is 6.54 Å². The summed E-state index contributed by atoms with van der Waals surface area (Å²) < 4.78 is 1.79. The molecule has 2 rings (SSSR count). The number of hydrogen-bond donors (Lipinski definition) is 1. The van der Waals surface area contributed by atoms with E-state index >= 15 is 0 Å². The second-order valence-electron chi connectivity index (χ2n) is 4.02. The fourth-order valence-electron chi connectivity index (χ4n) is 1.65. The highest BCUT2D eigenvalue weighted by Crippen LogP contribution is 2.25. The quantitative estimate of drug-likeness (QED) is 0.918. The fraction of sp³-hybridized carbons (Fsp3) is 0.333. The summed E-state index contributed by atoms with van der Waals surface area (Å²) in [5.41, 5.74) is 1.11. The lowest BCUT2D eigenvalue weighted by Crippen LogP contribution is -2.23. The van der Waals surface area contributed by atoms with Crippen molar-refractivity contribution in [1.82, 2.24) is 20.3 Å². The van der Waals surface area contributed by atoms with E-state index in [9.17, 15) is 0 Å². The van der Waals surface area contributed by atoms with Gasteiger partial charge in [0.05, 0.1) is 22.8 Å². The molecule has 0 aliphatic rings. The SMILES string of the molecule is CC(NCCn1ccnn1)c1ccc(Cl)c(Cl)c1. The van der Waals surface area contributed by atoms with E-state index < -0.39 is 0 Å².